The molecule has 1 aromatic carbocycles. The van der Waals surface area contributed by atoms with Gasteiger partial charge in [-0.25, -0.2) is 0 Å². The summed E-state index contributed by atoms with van der Waals surface area (Å²) in [7, 11) is 0. The second kappa shape index (κ2) is 5.11. The third-order valence-corrected chi connectivity index (χ3v) is 2.86. The largest absolute Gasteiger partial charge is 0.350 e. The fourth-order valence-electron chi connectivity index (χ4n) is 2.03. The van der Waals surface area contributed by atoms with Crippen molar-refractivity contribution in [3.8, 4) is 6.07 Å². The van der Waals surface area contributed by atoms with E-state index in [0.29, 0.717) is 18.8 Å². The molecule has 1 unspecified atom stereocenters. The smallest absolute Gasteiger partial charge is 0.164 e. The van der Waals surface area contributed by atoms with Gasteiger partial charge in [0.15, 0.2) is 6.29 Å². The monoisotopic (exact) mass is 217 g/mol. The van der Waals surface area contributed by atoms with Crippen LogP contribution in [0.1, 0.15) is 30.4 Å². The quantitative estimate of drug-likeness (QED) is 0.780. The van der Waals surface area contributed by atoms with E-state index in [1.807, 2.05) is 24.3 Å². The molecule has 1 fully saturated rings. The van der Waals surface area contributed by atoms with Gasteiger partial charge in [0.05, 0.1) is 24.8 Å². The van der Waals surface area contributed by atoms with Crippen LogP contribution in [0.4, 0.5) is 0 Å². The highest BCUT2D eigenvalue weighted by Crippen LogP contribution is 2.28. The summed E-state index contributed by atoms with van der Waals surface area (Å²) >= 11 is 0. The van der Waals surface area contributed by atoms with Crippen molar-refractivity contribution in [1.82, 2.24) is 0 Å². The molecule has 0 amide bonds. The minimum atomic E-state index is -0.154. The third kappa shape index (κ3) is 2.24. The van der Waals surface area contributed by atoms with E-state index in [9.17, 15) is 0 Å². The molecular formula is C13H15NO2. The maximum absolute atomic E-state index is 8.87. The minimum Gasteiger partial charge on any atom is -0.350 e. The fourth-order valence-corrected chi connectivity index (χ4v) is 2.03. The summed E-state index contributed by atoms with van der Waals surface area (Å²) in [6, 6.07) is 9.82. The Labute approximate surface area is 95.6 Å². The van der Waals surface area contributed by atoms with Crippen molar-refractivity contribution in [2.45, 2.75) is 25.6 Å². The number of rotatable bonds is 3. The van der Waals surface area contributed by atoms with E-state index in [1.165, 1.54) is 0 Å². The number of hydrogen-bond acceptors (Lipinski definition) is 3. The van der Waals surface area contributed by atoms with Crippen molar-refractivity contribution in [2.24, 2.45) is 0 Å². The molecule has 1 aromatic rings. The molecule has 1 aliphatic heterocycles. The first-order chi connectivity index (χ1) is 7.85. The van der Waals surface area contributed by atoms with Crippen molar-refractivity contribution in [2.75, 3.05) is 13.2 Å². The van der Waals surface area contributed by atoms with E-state index in [2.05, 4.69) is 13.0 Å². The van der Waals surface area contributed by atoms with Gasteiger partial charge in [-0.05, 0) is 24.1 Å². The van der Waals surface area contributed by atoms with Gasteiger partial charge in [0, 0.05) is 5.92 Å². The van der Waals surface area contributed by atoms with E-state index >= 15 is 0 Å². The Morgan fingerprint density at radius 1 is 1.44 bits per heavy atom. The topological polar surface area (TPSA) is 42.2 Å². The van der Waals surface area contributed by atoms with Crippen LogP contribution in [0.5, 0.6) is 0 Å². The highest BCUT2D eigenvalue weighted by Gasteiger charge is 2.26. The molecule has 3 nitrogen and oxygen atoms in total. The Hall–Kier alpha value is -1.37. The van der Waals surface area contributed by atoms with Crippen molar-refractivity contribution in [3.63, 3.8) is 0 Å². The first-order valence-corrected chi connectivity index (χ1v) is 5.58. The predicted molar refractivity (Wildman–Crippen MR) is 59.9 cm³/mol. The van der Waals surface area contributed by atoms with Crippen LogP contribution in [0.3, 0.4) is 0 Å². The standard InChI is InChI=1S/C13H15NO2/c1-2-12(13-15-6-7-16-13)11-5-3-4-10(8-11)9-14/h3-5,8,12-13H,2,6-7H2,1H3. The maximum Gasteiger partial charge on any atom is 0.164 e. The molecule has 1 saturated heterocycles. The molecule has 0 saturated carbocycles. The second-order valence-electron chi connectivity index (χ2n) is 3.86. The molecule has 1 atom stereocenters. The molecule has 3 heteroatoms. The summed E-state index contributed by atoms with van der Waals surface area (Å²) in [6.45, 7) is 3.44. The normalized spacial score (nSPS) is 18.2. The van der Waals surface area contributed by atoms with Gasteiger partial charge in [-0.2, -0.15) is 5.26 Å². The van der Waals surface area contributed by atoms with Crippen molar-refractivity contribution >= 4 is 0 Å². The van der Waals surface area contributed by atoms with E-state index in [-0.39, 0.29) is 12.2 Å². The van der Waals surface area contributed by atoms with Gasteiger partial charge in [-0.3, -0.25) is 0 Å². The molecule has 0 N–H and O–H groups in total. The molecule has 16 heavy (non-hydrogen) atoms. The van der Waals surface area contributed by atoms with E-state index in [4.69, 9.17) is 14.7 Å². The van der Waals surface area contributed by atoms with Crippen LogP contribution in [-0.2, 0) is 9.47 Å². The average molecular weight is 217 g/mol. The molecular weight excluding hydrogens is 202 g/mol. The van der Waals surface area contributed by atoms with Crippen molar-refractivity contribution in [3.05, 3.63) is 35.4 Å². The first-order valence-electron chi connectivity index (χ1n) is 5.58. The Balaban J connectivity index is 2.22. The van der Waals surface area contributed by atoms with Gasteiger partial charge in [0.25, 0.3) is 0 Å². The Morgan fingerprint density at radius 2 is 2.19 bits per heavy atom. The van der Waals surface area contributed by atoms with E-state index in [1.54, 1.807) is 0 Å². The highest BCUT2D eigenvalue weighted by molar-refractivity contribution is 5.34. The number of benzene rings is 1. The molecule has 0 spiro atoms. The lowest BCUT2D eigenvalue weighted by atomic mass is 9.94. The van der Waals surface area contributed by atoms with Crippen molar-refractivity contribution in [1.29, 1.82) is 5.26 Å². The zero-order valence-electron chi connectivity index (χ0n) is 9.35. The minimum absolute atomic E-state index is 0.154. The lowest BCUT2D eigenvalue weighted by molar-refractivity contribution is -0.0617. The molecule has 2 rings (SSSR count). The molecule has 84 valence electrons. The number of ether oxygens (including phenoxy) is 2. The maximum atomic E-state index is 8.87. The highest BCUT2D eigenvalue weighted by atomic mass is 16.7. The van der Waals surface area contributed by atoms with Crippen molar-refractivity contribution < 1.29 is 9.47 Å². The fraction of sp³-hybridized carbons (Fsp3) is 0.462. The van der Waals surface area contributed by atoms with Gasteiger partial charge in [0.2, 0.25) is 0 Å². The molecule has 1 aliphatic rings. The van der Waals surface area contributed by atoms with Crippen LogP contribution in [0.15, 0.2) is 24.3 Å². The predicted octanol–water partition coefficient (Wildman–Crippen LogP) is 2.42. The summed E-state index contributed by atoms with van der Waals surface area (Å²) in [6.07, 6.45) is 0.790. The van der Waals surface area contributed by atoms with Gasteiger partial charge < -0.3 is 9.47 Å². The molecule has 0 bridgehead atoms. The molecule has 1 heterocycles. The van der Waals surface area contributed by atoms with Crippen LogP contribution >= 0.6 is 0 Å². The summed E-state index contributed by atoms with van der Waals surface area (Å²) in [5.74, 6) is 0.218. The van der Waals surface area contributed by atoms with Crippen LogP contribution in [-0.4, -0.2) is 19.5 Å². The Morgan fingerprint density at radius 3 is 2.81 bits per heavy atom. The van der Waals surface area contributed by atoms with Crippen LogP contribution in [0, 0.1) is 11.3 Å². The van der Waals surface area contributed by atoms with Gasteiger partial charge >= 0.3 is 0 Å². The third-order valence-electron chi connectivity index (χ3n) is 2.86. The first kappa shape index (κ1) is 11.1. The van der Waals surface area contributed by atoms with E-state index in [0.717, 1.165) is 12.0 Å². The summed E-state index contributed by atoms with van der Waals surface area (Å²) in [4.78, 5) is 0. The molecule has 0 radical (unpaired) electrons. The lowest BCUT2D eigenvalue weighted by Gasteiger charge is -2.21. The van der Waals surface area contributed by atoms with Gasteiger partial charge in [0.1, 0.15) is 0 Å². The second-order valence-corrected chi connectivity index (χ2v) is 3.86. The summed E-state index contributed by atoms with van der Waals surface area (Å²) < 4.78 is 11.1. The summed E-state index contributed by atoms with van der Waals surface area (Å²) in [5.41, 5.74) is 1.81. The average Bonchev–Trinajstić information content (AvgIpc) is 2.84. The lowest BCUT2D eigenvalue weighted by Crippen LogP contribution is -2.19. The molecule has 0 aromatic heterocycles. The number of nitriles is 1. The zero-order chi connectivity index (χ0) is 11.4. The Bertz CT molecular complexity index is 391. The summed E-state index contributed by atoms with van der Waals surface area (Å²) in [5, 5.41) is 8.87. The van der Waals surface area contributed by atoms with Crippen LogP contribution in [0.25, 0.3) is 0 Å². The SMILES string of the molecule is CCC(c1cccc(C#N)c1)C1OCCO1. The number of nitrogens with zero attached hydrogens (tertiary/aromatic N) is 1. The van der Waals surface area contributed by atoms with E-state index < -0.39 is 0 Å². The zero-order valence-corrected chi connectivity index (χ0v) is 9.35. The van der Waals surface area contributed by atoms with Crippen LogP contribution < -0.4 is 0 Å². The van der Waals surface area contributed by atoms with Gasteiger partial charge in [-0.15, -0.1) is 0 Å². The molecule has 0 aliphatic carbocycles. The van der Waals surface area contributed by atoms with Gasteiger partial charge in [-0.1, -0.05) is 19.1 Å². The number of hydrogen-bond donors (Lipinski definition) is 0. The Kier molecular flexibility index (Phi) is 3.55. The van der Waals surface area contributed by atoms with Crippen LogP contribution in [0.2, 0.25) is 0 Å².